The highest BCUT2D eigenvalue weighted by Crippen LogP contribution is 2.45. The van der Waals surface area contributed by atoms with Gasteiger partial charge in [0.05, 0.1) is 25.8 Å². The lowest BCUT2D eigenvalue weighted by atomic mass is 9.94. The molecule has 0 N–H and O–H groups in total. The molecule has 38 heavy (non-hydrogen) atoms. The molecule has 3 aromatic rings. The van der Waals surface area contributed by atoms with E-state index in [0.29, 0.717) is 30.4 Å². The third-order valence-electron chi connectivity index (χ3n) is 7.12. The predicted molar refractivity (Wildman–Crippen MR) is 156 cm³/mol. The van der Waals surface area contributed by atoms with Gasteiger partial charge in [0.1, 0.15) is 23.4 Å². The second-order valence-corrected chi connectivity index (χ2v) is 11.3. The highest BCUT2D eigenvalue weighted by atomic mass is 79.9. The van der Waals surface area contributed by atoms with Crippen LogP contribution in [0.3, 0.4) is 0 Å². The molecule has 3 aromatic carbocycles. The van der Waals surface area contributed by atoms with Crippen LogP contribution in [0.2, 0.25) is 0 Å². The molecule has 5 rings (SSSR count). The van der Waals surface area contributed by atoms with Gasteiger partial charge in [0, 0.05) is 41.2 Å². The number of likely N-dealkylation sites (N-methyl/N-ethyl adjacent to an activating group) is 1. The molecule has 0 saturated carbocycles. The number of carbonyl (C=O) groups is 1. The van der Waals surface area contributed by atoms with E-state index in [-0.39, 0.29) is 18.1 Å². The second-order valence-electron chi connectivity index (χ2n) is 9.45. The van der Waals surface area contributed by atoms with E-state index >= 15 is 0 Å². The van der Waals surface area contributed by atoms with Gasteiger partial charge in [0.2, 0.25) is 0 Å². The molecule has 2 heterocycles. The number of benzene rings is 3. The molecule has 1 fully saturated rings. The lowest BCUT2D eigenvalue weighted by Gasteiger charge is -2.38. The van der Waals surface area contributed by atoms with Gasteiger partial charge in [0.15, 0.2) is 0 Å². The molecular weight excluding hydrogens is 612 g/mol. The molecular formula is C29H30Br2N4O3. The number of carbonyl (C=O) groups excluding carboxylic acids is 1. The number of nitrogens with zero attached hydrogens (tertiary/aromatic N) is 4. The largest absolute Gasteiger partial charge is 0.497 e. The normalized spacial score (nSPS) is 19.9. The van der Waals surface area contributed by atoms with Crippen molar-refractivity contribution in [3.05, 3.63) is 92.4 Å². The fourth-order valence-corrected chi connectivity index (χ4v) is 5.52. The fraction of sp³-hybridized carbons (Fsp3) is 0.310. The minimum Gasteiger partial charge on any atom is -0.497 e. The molecule has 2 atom stereocenters. The Balaban J connectivity index is 1.68. The highest BCUT2D eigenvalue weighted by molar-refractivity contribution is 9.10. The average molecular weight is 642 g/mol. The second kappa shape index (κ2) is 11.5. The molecule has 2 aliphatic heterocycles. The van der Waals surface area contributed by atoms with Gasteiger partial charge in [-0.25, -0.2) is 4.79 Å². The topological polar surface area (TPSA) is 57.6 Å². The molecule has 2 unspecified atom stereocenters. The van der Waals surface area contributed by atoms with Crippen molar-refractivity contribution in [3.8, 4) is 11.5 Å². The van der Waals surface area contributed by atoms with E-state index < -0.39 is 0 Å². The molecule has 0 spiro atoms. The van der Waals surface area contributed by atoms with Crippen molar-refractivity contribution in [2.45, 2.75) is 12.1 Å². The summed E-state index contributed by atoms with van der Waals surface area (Å²) < 4.78 is 13.2. The predicted octanol–water partition coefficient (Wildman–Crippen LogP) is 6.14. The van der Waals surface area contributed by atoms with Crippen molar-refractivity contribution >= 4 is 43.7 Å². The molecule has 0 bridgehead atoms. The lowest BCUT2D eigenvalue weighted by molar-refractivity contribution is 0.130. The van der Waals surface area contributed by atoms with Crippen molar-refractivity contribution in [3.63, 3.8) is 0 Å². The summed E-state index contributed by atoms with van der Waals surface area (Å²) in [5.41, 5.74) is 2.78. The van der Waals surface area contributed by atoms with Crippen LogP contribution in [0.4, 0.5) is 4.79 Å². The maximum Gasteiger partial charge on any atom is 0.326 e. The van der Waals surface area contributed by atoms with Crippen LogP contribution in [0, 0.1) is 0 Å². The van der Waals surface area contributed by atoms with E-state index in [1.807, 2.05) is 52.3 Å². The van der Waals surface area contributed by atoms with Crippen LogP contribution in [-0.2, 0) is 0 Å². The van der Waals surface area contributed by atoms with E-state index in [1.54, 1.807) is 14.2 Å². The van der Waals surface area contributed by atoms with Gasteiger partial charge in [-0.2, -0.15) is 0 Å². The van der Waals surface area contributed by atoms with Crippen LogP contribution in [0.25, 0.3) is 0 Å². The number of aliphatic imine (C=N–C) groups is 1. The molecule has 7 nitrogen and oxygen atoms in total. The Labute approximate surface area is 240 Å². The maximum absolute atomic E-state index is 14.4. The van der Waals surface area contributed by atoms with Crippen LogP contribution in [0.1, 0.15) is 28.8 Å². The number of hydrogen-bond acceptors (Lipinski definition) is 5. The summed E-state index contributed by atoms with van der Waals surface area (Å²) in [6, 6.07) is 21.3. The zero-order chi connectivity index (χ0) is 26.8. The molecule has 0 aliphatic carbocycles. The first-order valence-corrected chi connectivity index (χ1v) is 14.1. The van der Waals surface area contributed by atoms with Gasteiger partial charge in [0.25, 0.3) is 0 Å². The molecule has 2 aliphatic rings. The summed E-state index contributed by atoms with van der Waals surface area (Å²) in [6.45, 7) is 2.98. The Bertz CT molecular complexity index is 1320. The highest BCUT2D eigenvalue weighted by Gasteiger charge is 2.44. The Morgan fingerprint density at radius 1 is 0.842 bits per heavy atom. The third-order valence-corrected chi connectivity index (χ3v) is 8.18. The first-order chi connectivity index (χ1) is 18.4. The van der Waals surface area contributed by atoms with Crippen LogP contribution >= 0.6 is 31.9 Å². The number of amidine groups is 1. The van der Waals surface area contributed by atoms with Gasteiger partial charge in [-0.3, -0.25) is 9.89 Å². The van der Waals surface area contributed by atoms with Gasteiger partial charge in [-0.1, -0.05) is 56.1 Å². The van der Waals surface area contributed by atoms with Crippen LogP contribution in [0.15, 0.2) is 80.7 Å². The quantitative estimate of drug-likeness (QED) is 0.336. The van der Waals surface area contributed by atoms with Gasteiger partial charge in [-0.15, -0.1) is 0 Å². The summed E-state index contributed by atoms with van der Waals surface area (Å²) in [5.74, 6) is 1.87. The van der Waals surface area contributed by atoms with Crippen molar-refractivity contribution < 1.29 is 14.3 Å². The minimum absolute atomic E-state index is 0.0535. The molecule has 1 saturated heterocycles. The van der Waals surface area contributed by atoms with E-state index in [2.05, 4.69) is 68.1 Å². The van der Waals surface area contributed by atoms with Crippen molar-refractivity contribution in [2.24, 2.45) is 4.99 Å². The van der Waals surface area contributed by atoms with E-state index in [4.69, 9.17) is 14.5 Å². The summed E-state index contributed by atoms with van der Waals surface area (Å²) in [6.07, 6.45) is 0. The third kappa shape index (κ3) is 5.32. The lowest BCUT2D eigenvalue weighted by Crippen LogP contribution is -2.53. The van der Waals surface area contributed by atoms with E-state index in [0.717, 1.165) is 38.7 Å². The number of methoxy groups -OCH3 is 2. The number of ether oxygens (including phenoxy) is 2. The van der Waals surface area contributed by atoms with Crippen molar-refractivity contribution in [2.75, 3.05) is 47.4 Å². The molecule has 9 heteroatoms. The zero-order valence-electron chi connectivity index (χ0n) is 21.6. The Kier molecular flexibility index (Phi) is 8.07. The summed E-state index contributed by atoms with van der Waals surface area (Å²) in [7, 11) is 5.33. The Hall–Kier alpha value is -2.88. The van der Waals surface area contributed by atoms with Gasteiger partial charge in [-0.05, 0) is 54.6 Å². The molecule has 0 aromatic heterocycles. The number of urea groups is 1. The Morgan fingerprint density at radius 3 is 2.03 bits per heavy atom. The monoisotopic (exact) mass is 640 g/mol. The zero-order valence-corrected chi connectivity index (χ0v) is 24.8. The number of rotatable bonds is 5. The number of halogens is 2. The van der Waals surface area contributed by atoms with Crippen LogP contribution in [-0.4, -0.2) is 74.0 Å². The van der Waals surface area contributed by atoms with Crippen LogP contribution in [0.5, 0.6) is 11.5 Å². The van der Waals surface area contributed by atoms with E-state index in [1.165, 1.54) is 0 Å². The van der Waals surface area contributed by atoms with Crippen molar-refractivity contribution in [1.29, 1.82) is 0 Å². The average Bonchev–Trinajstić information content (AvgIpc) is 3.33. The van der Waals surface area contributed by atoms with Crippen molar-refractivity contribution in [1.82, 2.24) is 14.7 Å². The molecule has 0 radical (unpaired) electrons. The van der Waals surface area contributed by atoms with E-state index in [9.17, 15) is 4.79 Å². The van der Waals surface area contributed by atoms with Gasteiger partial charge >= 0.3 is 6.03 Å². The SMILES string of the molecule is COc1ccc(C2=NC(c3ccc(Br)cc3)C(c3ccc(Br)cc3)N2C(=O)N2CCN(C)CC2)c(OC)c1. The minimum atomic E-state index is -0.335. The molecule has 2 amide bonds. The maximum atomic E-state index is 14.4. The smallest absolute Gasteiger partial charge is 0.326 e. The first kappa shape index (κ1) is 26.7. The fourth-order valence-electron chi connectivity index (χ4n) is 4.99. The van der Waals surface area contributed by atoms with Crippen LogP contribution < -0.4 is 9.47 Å². The standard InChI is InChI=1S/C29H30Br2N4O3/c1-33-14-16-34(17-15-33)29(36)35-27(20-6-10-22(31)11-7-20)26(19-4-8-21(30)9-5-19)32-28(35)24-13-12-23(37-2)18-25(24)38-3/h4-13,18,26-27H,14-17H2,1-3H3. The number of amides is 2. The summed E-state index contributed by atoms with van der Waals surface area (Å²) in [5, 5.41) is 0. The Morgan fingerprint density at radius 2 is 1.45 bits per heavy atom. The first-order valence-electron chi connectivity index (χ1n) is 12.5. The number of hydrogen-bond donors (Lipinski definition) is 0. The van der Waals surface area contributed by atoms with Gasteiger partial charge < -0.3 is 19.3 Å². The molecule has 198 valence electrons. The summed E-state index contributed by atoms with van der Waals surface area (Å²) in [4.78, 5) is 25.7. The summed E-state index contributed by atoms with van der Waals surface area (Å²) >= 11 is 7.11. The number of piperazine rings is 1.